The van der Waals surface area contributed by atoms with Crippen molar-refractivity contribution in [1.29, 1.82) is 0 Å². The Hall–Kier alpha value is -1.62. The number of hydrogen-bond acceptors (Lipinski definition) is 3. The first-order valence-electron chi connectivity index (χ1n) is 6.70. The first kappa shape index (κ1) is 30.6. The molecular weight excluding hydrogens is 475 g/mol. The summed E-state index contributed by atoms with van der Waals surface area (Å²) in [5.74, 6) is -51.8. The van der Waals surface area contributed by atoms with Crippen LogP contribution < -0.4 is 6.15 Å². The van der Waals surface area contributed by atoms with Crippen LogP contribution in [0, 0.1) is 0 Å². The van der Waals surface area contributed by atoms with Crippen LogP contribution in [0.3, 0.4) is 0 Å². The SMILES string of the molecule is CC(C)(C)OC(=O)C(F)(F)C(F)(F)C(F)(F)C(F)(F)C(F)(F)C(F)(F)C(F)(F)F.N. The van der Waals surface area contributed by atoms with Crippen LogP contribution >= 0.6 is 0 Å². The normalized spacial score (nSPS) is 15.5. The van der Waals surface area contributed by atoms with E-state index in [2.05, 4.69) is 4.74 Å². The average molecular weight is 487 g/mol. The molecule has 0 radical (unpaired) electrons. The molecule has 0 heterocycles. The predicted octanol–water partition coefficient (Wildman–Crippen LogP) is 5.86. The Morgan fingerprint density at radius 2 is 0.800 bits per heavy atom. The van der Waals surface area contributed by atoms with E-state index in [1.165, 1.54) is 0 Å². The summed E-state index contributed by atoms with van der Waals surface area (Å²) >= 11 is 0. The van der Waals surface area contributed by atoms with Gasteiger partial charge in [0.05, 0.1) is 0 Å². The van der Waals surface area contributed by atoms with Gasteiger partial charge in [-0.3, -0.25) is 0 Å². The number of ether oxygens (including phenoxy) is 1. The maximum atomic E-state index is 13.4. The van der Waals surface area contributed by atoms with Crippen LogP contribution in [0.4, 0.5) is 65.9 Å². The highest BCUT2D eigenvalue weighted by Crippen LogP contribution is 2.62. The second kappa shape index (κ2) is 7.51. The van der Waals surface area contributed by atoms with Gasteiger partial charge in [0, 0.05) is 0 Å². The van der Waals surface area contributed by atoms with Crippen LogP contribution in [-0.4, -0.2) is 53.3 Å². The fourth-order valence-corrected chi connectivity index (χ4v) is 1.44. The van der Waals surface area contributed by atoms with Crippen molar-refractivity contribution in [1.82, 2.24) is 6.15 Å². The van der Waals surface area contributed by atoms with E-state index in [4.69, 9.17) is 0 Å². The van der Waals surface area contributed by atoms with Crippen molar-refractivity contribution in [3.8, 4) is 0 Å². The molecule has 0 unspecified atom stereocenters. The van der Waals surface area contributed by atoms with E-state index in [0.717, 1.165) is 0 Å². The van der Waals surface area contributed by atoms with Gasteiger partial charge >= 0.3 is 47.7 Å². The van der Waals surface area contributed by atoms with Gasteiger partial charge in [0.25, 0.3) is 0 Å². The molecule has 0 aromatic carbocycles. The van der Waals surface area contributed by atoms with E-state index in [-0.39, 0.29) is 6.15 Å². The topological polar surface area (TPSA) is 61.3 Å². The van der Waals surface area contributed by atoms with Crippen LogP contribution in [0.2, 0.25) is 0 Å². The van der Waals surface area contributed by atoms with Gasteiger partial charge in [-0.05, 0) is 20.8 Å². The second-order valence-electron chi connectivity index (χ2n) is 6.45. The zero-order valence-corrected chi connectivity index (χ0v) is 14.7. The third kappa shape index (κ3) is 4.23. The highest BCUT2D eigenvalue weighted by atomic mass is 19.4. The number of rotatable bonds is 6. The molecule has 0 aromatic heterocycles. The Kier molecular flexibility index (Phi) is 7.65. The summed E-state index contributed by atoms with van der Waals surface area (Å²) in [6.07, 6.45) is -7.68. The Labute approximate surface area is 157 Å². The van der Waals surface area contributed by atoms with Crippen molar-refractivity contribution >= 4 is 5.97 Å². The number of alkyl halides is 15. The molecule has 18 heteroatoms. The molecule has 0 atom stereocenters. The van der Waals surface area contributed by atoms with Crippen molar-refractivity contribution in [2.24, 2.45) is 0 Å². The number of carbonyl (C=O) groups is 1. The Balaban J connectivity index is 0. The van der Waals surface area contributed by atoms with E-state index >= 15 is 0 Å². The van der Waals surface area contributed by atoms with Gasteiger partial charge in [0.15, 0.2) is 0 Å². The summed E-state index contributed by atoms with van der Waals surface area (Å²) in [4.78, 5) is 11.0. The first-order chi connectivity index (χ1) is 12.1. The summed E-state index contributed by atoms with van der Waals surface area (Å²) in [6, 6.07) is 0. The molecule has 0 fully saturated rings. The van der Waals surface area contributed by atoms with Crippen LogP contribution in [0.5, 0.6) is 0 Å². The zero-order chi connectivity index (χ0) is 24.3. The van der Waals surface area contributed by atoms with Gasteiger partial charge < -0.3 is 10.9 Å². The maximum Gasteiger partial charge on any atom is 0.460 e. The van der Waals surface area contributed by atoms with Crippen molar-refractivity contribution in [2.75, 3.05) is 0 Å². The molecular formula is C12H12F15NO2. The smallest absolute Gasteiger partial charge is 0.455 e. The lowest BCUT2D eigenvalue weighted by Gasteiger charge is -2.41. The number of carbonyl (C=O) groups excluding carboxylic acids is 1. The van der Waals surface area contributed by atoms with Crippen molar-refractivity contribution in [3.05, 3.63) is 0 Å². The van der Waals surface area contributed by atoms with E-state index in [1.807, 2.05) is 0 Å². The molecule has 0 aliphatic rings. The molecule has 0 aliphatic carbocycles. The standard InChI is InChI=1S/C12H9F15O2.H3N/c1-5(2,3)29-4(28)6(13,14)7(15,16)8(17,18)9(19,20)10(21,22)11(23,24)12(25,26)27;/h1-3H3;1H3. The first-order valence-corrected chi connectivity index (χ1v) is 6.70. The van der Waals surface area contributed by atoms with Gasteiger partial charge in [0.1, 0.15) is 5.60 Å². The molecule has 182 valence electrons. The predicted molar refractivity (Wildman–Crippen MR) is 66.6 cm³/mol. The van der Waals surface area contributed by atoms with Crippen molar-refractivity contribution in [3.63, 3.8) is 0 Å². The lowest BCUT2D eigenvalue weighted by molar-refractivity contribution is -0.450. The van der Waals surface area contributed by atoms with E-state index in [1.54, 1.807) is 0 Å². The fraction of sp³-hybridized carbons (Fsp3) is 0.917. The average Bonchev–Trinajstić information content (AvgIpc) is 2.42. The number of halogens is 15. The number of hydrogen-bond donors (Lipinski definition) is 1. The summed E-state index contributed by atoms with van der Waals surface area (Å²) in [6.45, 7) is 2.05. The molecule has 30 heavy (non-hydrogen) atoms. The Morgan fingerprint density at radius 1 is 0.533 bits per heavy atom. The minimum Gasteiger partial charge on any atom is -0.455 e. The molecule has 3 N–H and O–H groups in total. The molecule has 3 nitrogen and oxygen atoms in total. The van der Waals surface area contributed by atoms with E-state index < -0.39 is 53.3 Å². The minimum atomic E-state index is -8.44. The largest absolute Gasteiger partial charge is 0.460 e. The molecule has 0 bridgehead atoms. The summed E-state index contributed by atoms with van der Waals surface area (Å²) < 4.78 is 197. The molecule has 0 saturated heterocycles. The van der Waals surface area contributed by atoms with Crippen molar-refractivity contribution < 1.29 is 75.4 Å². The molecule has 0 rings (SSSR count). The lowest BCUT2D eigenvalue weighted by Crippen LogP contribution is -2.73. The molecule has 0 saturated carbocycles. The van der Waals surface area contributed by atoms with Gasteiger partial charge in [-0.15, -0.1) is 0 Å². The Morgan fingerprint density at radius 3 is 1.07 bits per heavy atom. The van der Waals surface area contributed by atoms with Crippen LogP contribution in [0.25, 0.3) is 0 Å². The van der Waals surface area contributed by atoms with E-state index in [0.29, 0.717) is 20.8 Å². The molecule has 0 amide bonds. The monoisotopic (exact) mass is 487 g/mol. The Bertz CT molecular complexity index is 633. The third-order valence-corrected chi connectivity index (χ3v) is 2.98. The fourth-order valence-electron chi connectivity index (χ4n) is 1.44. The van der Waals surface area contributed by atoms with E-state index in [9.17, 15) is 70.7 Å². The molecule has 0 aromatic rings. The highest BCUT2D eigenvalue weighted by Gasteiger charge is 2.94. The maximum absolute atomic E-state index is 13.4. The van der Waals surface area contributed by atoms with Crippen molar-refractivity contribution in [2.45, 2.75) is 68.1 Å². The minimum absolute atomic E-state index is 0. The third-order valence-electron chi connectivity index (χ3n) is 2.98. The van der Waals surface area contributed by atoms with Gasteiger partial charge in [0.2, 0.25) is 0 Å². The van der Waals surface area contributed by atoms with Gasteiger partial charge in [-0.2, -0.15) is 65.9 Å². The molecule has 0 aliphatic heterocycles. The quantitative estimate of drug-likeness (QED) is 0.377. The highest BCUT2D eigenvalue weighted by molar-refractivity contribution is 5.79. The van der Waals surface area contributed by atoms with Crippen LogP contribution in [-0.2, 0) is 9.53 Å². The van der Waals surface area contributed by atoms with Gasteiger partial charge in [-0.1, -0.05) is 0 Å². The number of esters is 1. The second-order valence-corrected chi connectivity index (χ2v) is 6.45. The molecule has 0 spiro atoms. The van der Waals surface area contributed by atoms with Crippen LogP contribution in [0.1, 0.15) is 20.8 Å². The lowest BCUT2D eigenvalue weighted by atomic mass is 9.91. The zero-order valence-electron chi connectivity index (χ0n) is 14.7. The summed E-state index contributed by atoms with van der Waals surface area (Å²) in [5.41, 5.74) is -2.15. The summed E-state index contributed by atoms with van der Waals surface area (Å²) in [7, 11) is 0. The van der Waals surface area contributed by atoms with Crippen LogP contribution in [0.15, 0.2) is 0 Å². The van der Waals surface area contributed by atoms with Gasteiger partial charge in [-0.25, -0.2) is 4.79 Å². The summed E-state index contributed by atoms with van der Waals surface area (Å²) in [5, 5.41) is 0.